The molecule has 0 spiro atoms. The van der Waals surface area contributed by atoms with Crippen LogP contribution in [0.25, 0.3) is 0 Å². The Labute approximate surface area is 115 Å². The van der Waals surface area contributed by atoms with Crippen LogP contribution in [0.3, 0.4) is 0 Å². The van der Waals surface area contributed by atoms with Crippen LogP contribution in [0.15, 0.2) is 18.2 Å². The van der Waals surface area contributed by atoms with Crippen LogP contribution in [0.1, 0.15) is 23.1 Å². The molecule has 3 nitrogen and oxygen atoms in total. The zero-order valence-corrected chi connectivity index (χ0v) is 10.4. The van der Waals surface area contributed by atoms with Gasteiger partial charge in [0.1, 0.15) is 6.04 Å². The van der Waals surface area contributed by atoms with Gasteiger partial charge in [-0.25, -0.2) is 0 Å². The molecule has 0 heterocycles. The first-order valence-corrected chi connectivity index (χ1v) is 5.68. The number of carboxylic acid groups (broad SMARTS) is 1. The van der Waals surface area contributed by atoms with Gasteiger partial charge in [-0.05, 0) is 36.6 Å². The maximum Gasteiger partial charge on any atom is 0.416 e. The van der Waals surface area contributed by atoms with Gasteiger partial charge in [0.15, 0.2) is 0 Å². The van der Waals surface area contributed by atoms with E-state index in [-0.39, 0.29) is 24.5 Å². The maximum absolute atomic E-state index is 12.6. The molecule has 0 bridgehead atoms. The average Bonchev–Trinajstić information content (AvgIpc) is 2.33. The van der Waals surface area contributed by atoms with Crippen LogP contribution in [-0.4, -0.2) is 17.1 Å². The lowest BCUT2D eigenvalue weighted by Crippen LogP contribution is -2.30. The van der Waals surface area contributed by atoms with E-state index in [2.05, 4.69) is 0 Å². The van der Waals surface area contributed by atoms with Crippen molar-refractivity contribution < 1.29 is 36.2 Å². The van der Waals surface area contributed by atoms with E-state index in [1.165, 1.54) is 0 Å². The van der Waals surface area contributed by atoms with Crippen molar-refractivity contribution in [3.8, 4) is 0 Å². The average molecular weight is 315 g/mol. The van der Waals surface area contributed by atoms with Crippen LogP contribution in [0, 0.1) is 0 Å². The topological polar surface area (TPSA) is 63.3 Å². The number of halogens is 6. The quantitative estimate of drug-likeness (QED) is 0.839. The highest BCUT2D eigenvalue weighted by molar-refractivity contribution is 5.73. The lowest BCUT2D eigenvalue weighted by molar-refractivity contribution is -0.143. The van der Waals surface area contributed by atoms with Gasteiger partial charge in [-0.2, -0.15) is 26.3 Å². The van der Waals surface area contributed by atoms with Crippen molar-refractivity contribution in [3.63, 3.8) is 0 Å². The van der Waals surface area contributed by atoms with E-state index in [1.807, 2.05) is 0 Å². The molecule has 9 heteroatoms. The number of aryl methyl sites for hydroxylation is 1. The van der Waals surface area contributed by atoms with Crippen molar-refractivity contribution in [2.24, 2.45) is 5.73 Å². The van der Waals surface area contributed by atoms with E-state index >= 15 is 0 Å². The number of hydrogen-bond donors (Lipinski definition) is 2. The molecule has 0 aliphatic heterocycles. The zero-order valence-electron chi connectivity index (χ0n) is 10.4. The SMILES string of the molecule is N[C@@H](CCc1cc(C(F)(F)F)cc(C(F)(F)F)c1)C(=O)O. The molecule has 0 aliphatic carbocycles. The lowest BCUT2D eigenvalue weighted by atomic mass is 9.99. The van der Waals surface area contributed by atoms with Crippen molar-refractivity contribution in [3.05, 3.63) is 34.9 Å². The molecule has 1 atom stereocenters. The summed E-state index contributed by atoms with van der Waals surface area (Å²) in [5.41, 5.74) is 2.03. The largest absolute Gasteiger partial charge is 0.480 e. The van der Waals surface area contributed by atoms with Crippen molar-refractivity contribution in [1.82, 2.24) is 0 Å². The first kappa shape index (κ1) is 17.3. The molecule has 0 amide bonds. The standard InChI is InChI=1S/C12H11F6NO2/c13-11(14,15)7-3-6(1-2-9(19)10(20)21)4-8(5-7)12(16,17)18/h3-5,9H,1-2,19H2,(H,20,21)/t9-/m0/s1. The van der Waals surface area contributed by atoms with E-state index in [9.17, 15) is 31.1 Å². The fourth-order valence-electron chi connectivity index (χ4n) is 1.61. The van der Waals surface area contributed by atoms with Gasteiger partial charge in [0.2, 0.25) is 0 Å². The summed E-state index contributed by atoms with van der Waals surface area (Å²) in [4.78, 5) is 10.5. The van der Waals surface area contributed by atoms with Gasteiger partial charge in [-0.3, -0.25) is 4.79 Å². The van der Waals surface area contributed by atoms with Gasteiger partial charge in [-0.1, -0.05) is 0 Å². The van der Waals surface area contributed by atoms with E-state index in [1.54, 1.807) is 0 Å². The molecule has 0 saturated heterocycles. The van der Waals surface area contributed by atoms with Crippen molar-refractivity contribution in [2.75, 3.05) is 0 Å². The molecule has 1 aromatic rings. The van der Waals surface area contributed by atoms with Crippen LogP contribution < -0.4 is 5.73 Å². The second-order valence-electron chi connectivity index (χ2n) is 4.40. The summed E-state index contributed by atoms with van der Waals surface area (Å²) in [7, 11) is 0. The molecule has 21 heavy (non-hydrogen) atoms. The number of benzene rings is 1. The Bertz CT molecular complexity index is 491. The molecule has 1 aromatic carbocycles. The Hall–Kier alpha value is -1.77. The molecule has 118 valence electrons. The molecule has 0 saturated carbocycles. The predicted molar refractivity (Wildman–Crippen MR) is 60.4 cm³/mol. The monoisotopic (exact) mass is 315 g/mol. The molecule has 0 unspecified atom stereocenters. The maximum atomic E-state index is 12.6. The fraction of sp³-hybridized carbons (Fsp3) is 0.417. The fourth-order valence-corrected chi connectivity index (χ4v) is 1.61. The normalized spacial score (nSPS) is 14.0. The first-order valence-electron chi connectivity index (χ1n) is 5.68. The summed E-state index contributed by atoms with van der Waals surface area (Å²) >= 11 is 0. The van der Waals surface area contributed by atoms with E-state index in [0.29, 0.717) is 12.1 Å². The zero-order chi connectivity index (χ0) is 16.4. The van der Waals surface area contributed by atoms with Crippen LogP contribution in [-0.2, 0) is 23.6 Å². The van der Waals surface area contributed by atoms with E-state index < -0.39 is 35.5 Å². The summed E-state index contributed by atoms with van der Waals surface area (Å²) in [6.07, 6.45) is -10.4. The van der Waals surface area contributed by atoms with Crippen LogP contribution in [0.5, 0.6) is 0 Å². The lowest BCUT2D eigenvalue weighted by Gasteiger charge is -2.14. The number of nitrogens with two attached hydrogens (primary N) is 1. The summed E-state index contributed by atoms with van der Waals surface area (Å²) in [6, 6.07) is -0.220. The second kappa shape index (κ2) is 5.92. The minimum atomic E-state index is -4.93. The molecule has 0 aromatic heterocycles. The molecule has 0 aliphatic rings. The third kappa shape index (κ3) is 4.92. The third-order valence-electron chi connectivity index (χ3n) is 2.71. The summed E-state index contributed by atoms with van der Waals surface area (Å²) in [5, 5.41) is 8.54. The summed E-state index contributed by atoms with van der Waals surface area (Å²) in [5.74, 6) is -1.38. The summed E-state index contributed by atoms with van der Waals surface area (Å²) < 4.78 is 75.5. The van der Waals surface area contributed by atoms with Crippen molar-refractivity contribution >= 4 is 5.97 Å². The van der Waals surface area contributed by atoms with Gasteiger partial charge in [0, 0.05) is 0 Å². The van der Waals surface area contributed by atoms with Crippen LogP contribution in [0.2, 0.25) is 0 Å². The predicted octanol–water partition coefficient (Wildman–Crippen LogP) is 3.07. The van der Waals surface area contributed by atoms with Crippen LogP contribution in [0.4, 0.5) is 26.3 Å². The number of rotatable bonds is 4. The number of carboxylic acids is 1. The van der Waals surface area contributed by atoms with Gasteiger partial charge >= 0.3 is 18.3 Å². The van der Waals surface area contributed by atoms with Gasteiger partial charge in [-0.15, -0.1) is 0 Å². The molecular weight excluding hydrogens is 304 g/mol. The van der Waals surface area contributed by atoms with Crippen LogP contribution >= 0.6 is 0 Å². The molecule has 0 fully saturated rings. The Balaban J connectivity index is 3.11. The highest BCUT2D eigenvalue weighted by Crippen LogP contribution is 2.36. The van der Waals surface area contributed by atoms with Crippen molar-refractivity contribution in [2.45, 2.75) is 31.2 Å². The highest BCUT2D eigenvalue weighted by atomic mass is 19.4. The number of carbonyl (C=O) groups is 1. The third-order valence-corrected chi connectivity index (χ3v) is 2.71. The van der Waals surface area contributed by atoms with E-state index in [0.717, 1.165) is 0 Å². The van der Waals surface area contributed by atoms with Gasteiger partial charge < -0.3 is 10.8 Å². The number of alkyl halides is 6. The molecule has 1 rings (SSSR count). The van der Waals surface area contributed by atoms with Gasteiger partial charge in [0.25, 0.3) is 0 Å². The highest BCUT2D eigenvalue weighted by Gasteiger charge is 2.36. The molecular formula is C12H11F6NO2. The number of hydrogen-bond acceptors (Lipinski definition) is 2. The Kier molecular flexibility index (Phi) is 4.87. The Morgan fingerprint density at radius 3 is 1.81 bits per heavy atom. The Morgan fingerprint density at radius 1 is 1.05 bits per heavy atom. The number of aliphatic carboxylic acids is 1. The minimum Gasteiger partial charge on any atom is -0.480 e. The summed E-state index contributed by atoms with van der Waals surface area (Å²) in [6.45, 7) is 0. The molecule has 3 N–H and O–H groups in total. The van der Waals surface area contributed by atoms with Crippen molar-refractivity contribution in [1.29, 1.82) is 0 Å². The Morgan fingerprint density at radius 2 is 1.48 bits per heavy atom. The smallest absolute Gasteiger partial charge is 0.416 e. The first-order chi connectivity index (χ1) is 9.41. The van der Waals surface area contributed by atoms with Gasteiger partial charge in [0.05, 0.1) is 11.1 Å². The second-order valence-corrected chi connectivity index (χ2v) is 4.40. The van der Waals surface area contributed by atoms with E-state index in [4.69, 9.17) is 10.8 Å². The molecule has 0 radical (unpaired) electrons. The minimum absolute atomic E-state index is 0.0145.